The zero-order valence-corrected chi connectivity index (χ0v) is 20.2. The lowest BCUT2D eigenvalue weighted by Gasteiger charge is -2.25. The molecule has 3 N–H and O–H groups in total. The van der Waals surface area contributed by atoms with Crippen LogP contribution in [0.5, 0.6) is 0 Å². The second-order valence-electron chi connectivity index (χ2n) is 7.68. The summed E-state index contributed by atoms with van der Waals surface area (Å²) in [5.41, 5.74) is 1.64. The van der Waals surface area contributed by atoms with Crippen molar-refractivity contribution in [2.45, 2.75) is 51.2 Å². The predicted molar refractivity (Wildman–Crippen MR) is 130 cm³/mol. The number of halogens is 1. The molecule has 1 aliphatic rings. The number of fused-ring (bicyclic) bond motifs is 1. The van der Waals surface area contributed by atoms with Crippen LogP contribution in [0, 0.1) is 0 Å². The van der Waals surface area contributed by atoms with Crippen molar-refractivity contribution in [2.75, 3.05) is 26.2 Å². The van der Waals surface area contributed by atoms with Crippen molar-refractivity contribution >= 4 is 29.9 Å². The van der Waals surface area contributed by atoms with Crippen LogP contribution >= 0.6 is 24.0 Å². The predicted octanol–water partition coefficient (Wildman–Crippen LogP) is 4.14. The molecule has 2 aromatic rings. The minimum atomic E-state index is -1.14. The number of aliphatic imine (C=N–C) groups is 1. The summed E-state index contributed by atoms with van der Waals surface area (Å²) in [6, 6.07) is 12.1. The lowest BCUT2D eigenvalue weighted by Crippen LogP contribution is -2.39. The minimum Gasteiger partial charge on any atom is -0.466 e. The quantitative estimate of drug-likeness (QED) is 0.198. The maximum absolute atomic E-state index is 10.5. The fraction of sp³-hybridized carbons (Fsp3) is 0.522. The van der Waals surface area contributed by atoms with Gasteiger partial charge in [0.15, 0.2) is 5.96 Å². The zero-order chi connectivity index (χ0) is 20.5. The maximum Gasteiger partial charge on any atom is 0.191 e. The molecule has 1 aromatic carbocycles. The largest absolute Gasteiger partial charge is 0.466 e. The second kappa shape index (κ2) is 12.3. The minimum absolute atomic E-state index is 0. The number of aryl methyl sites for hydroxylation is 1. The van der Waals surface area contributed by atoms with Crippen LogP contribution in [0.2, 0.25) is 0 Å². The zero-order valence-electron chi connectivity index (χ0n) is 17.9. The number of nitrogens with zero attached hydrogens (tertiary/aromatic N) is 1. The Labute approximate surface area is 196 Å². The molecule has 0 bridgehead atoms. The number of nitrogens with one attached hydrogen (secondary N) is 2. The number of hydrogen-bond acceptors (Lipinski definition) is 4. The van der Waals surface area contributed by atoms with E-state index in [0.717, 1.165) is 32.4 Å². The van der Waals surface area contributed by atoms with Gasteiger partial charge in [-0.2, -0.15) is 0 Å². The van der Waals surface area contributed by atoms with E-state index in [4.69, 9.17) is 9.15 Å². The molecule has 0 fully saturated rings. The molecular weight excluding hydrogens is 493 g/mol. The summed E-state index contributed by atoms with van der Waals surface area (Å²) in [7, 11) is 0. The first-order chi connectivity index (χ1) is 14.1. The van der Waals surface area contributed by atoms with Crippen molar-refractivity contribution in [3.05, 3.63) is 59.5 Å². The SMILES string of the molecule is CCNC(=NCC(C)(O)c1ccco1)NCCCOC1CCCc2ccccc21.I. The molecule has 2 atom stereocenters. The van der Waals surface area contributed by atoms with Gasteiger partial charge in [-0.05, 0) is 62.8 Å². The fourth-order valence-electron chi connectivity index (χ4n) is 3.62. The molecular formula is C23H34IN3O3. The van der Waals surface area contributed by atoms with E-state index in [0.29, 0.717) is 18.3 Å². The van der Waals surface area contributed by atoms with Gasteiger partial charge >= 0.3 is 0 Å². The van der Waals surface area contributed by atoms with Crippen LogP contribution in [-0.4, -0.2) is 37.3 Å². The van der Waals surface area contributed by atoms with Crippen molar-refractivity contribution in [3.8, 4) is 0 Å². The number of furan rings is 1. The lowest BCUT2D eigenvalue weighted by molar-refractivity contribution is 0.0396. The molecule has 0 radical (unpaired) electrons. The first-order valence-electron chi connectivity index (χ1n) is 10.6. The number of rotatable bonds is 9. The Bertz CT molecular complexity index is 778. The molecule has 0 aliphatic heterocycles. The van der Waals surface area contributed by atoms with E-state index in [1.165, 1.54) is 17.5 Å². The Morgan fingerprint density at radius 3 is 2.87 bits per heavy atom. The van der Waals surface area contributed by atoms with Crippen molar-refractivity contribution in [2.24, 2.45) is 4.99 Å². The topological polar surface area (TPSA) is 79.0 Å². The van der Waals surface area contributed by atoms with Crippen LogP contribution in [0.4, 0.5) is 0 Å². The molecule has 7 heteroatoms. The molecule has 1 heterocycles. The number of hydrogen-bond donors (Lipinski definition) is 3. The molecule has 6 nitrogen and oxygen atoms in total. The number of ether oxygens (including phenoxy) is 1. The van der Waals surface area contributed by atoms with Crippen LogP contribution < -0.4 is 10.6 Å². The second-order valence-corrected chi connectivity index (χ2v) is 7.68. The molecule has 0 spiro atoms. The average molecular weight is 527 g/mol. The summed E-state index contributed by atoms with van der Waals surface area (Å²) in [4.78, 5) is 4.50. The molecule has 166 valence electrons. The summed E-state index contributed by atoms with van der Waals surface area (Å²) in [5.74, 6) is 1.20. The summed E-state index contributed by atoms with van der Waals surface area (Å²) in [6.07, 6.45) is 6.09. The third kappa shape index (κ3) is 6.99. The molecule has 30 heavy (non-hydrogen) atoms. The Balaban J connectivity index is 0.00000320. The lowest BCUT2D eigenvalue weighted by atomic mass is 9.89. The first kappa shape index (κ1) is 24.7. The van der Waals surface area contributed by atoms with Gasteiger partial charge in [-0.15, -0.1) is 24.0 Å². The van der Waals surface area contributed by atoms with Gasteiger partial charge in [0, 0.05) is 19.7 Å². The Kier molecular flexibility index (Phi) is 10.1. The van der Waals surface area contributed by atoms with Gasteiger partial charge in [0.2, 0.25) is 0 Å². The summed E-state index contributed by atoms with van der Waals surface area (Å²) in [5, 5.41) is 17.1. The van der Waals surface area contributed by atoms with Gasteiger partial charge in [0.25, 0.3) is 0 Å². The van der Waals surface area contributed by atoms with E-state index in [2.05, 4.69) is 39.9 Å². The molecule has 0 saturated carbocycles. The van der Waals surface area contributed by atoms with E-state index in [9.17, 15) is 5.11 Å². The smallest absolute Gasteiger partial charge is 0.191 e. The maximum atomic E-state index is 10.5. The highest BCUT2D eigenvalue weighted by atomic mass is 127. The highest BCUT2D eigenvalue weighted by Gasteiger charge is 2.26. The van der Waals surface area contributed by atoms with Crippen LogP contribution in [0.15, 0.2) is 52.1 Å². The van der Waals surface area contributed by atoms with Crippen molar-refractivity contribution in [3.63, 3.8) is 0 Å². The number of aliphatic hydroxyl groups is 1. The van der Waals surface area contributed by atoms with Gasteiger partial charge in [0.1, 0.15) is 11.4 Å². The molecule has 0 amide bonds. The van der Waals surface area contributed by atoms with Gasteiger partial charge in [-0.3, -0.25) is 0 Å². The highest BCUT2D eigenvalue weighted by molar-refractivity contribution is 14.0. The monoisotopic (exact) mass is 527 g/mol. The molecule has 2 unspecified atom stereocenters. The standard InChI is InChI=1S/C23H33N3O3.HI/c1-3-24-22(26-17-23(2,27)21-13-7-15-29-21)25-14-8-16-28-20-12-6-10-18-9-4-5-11-19(18)20;/h4-5,7,9,11,13,15,20,27H,3,6,8,10,12,14,16-17H2,1-2H3,(H2,24,25,26);1H. The van der Waals surface area contributed by atoms with E-state index in [1.807, 2.05) is 6.92 Å². The van der Waals surface area contributed by atoms with Crippen molar-refractivity contribution in [1.29, 1.82) is 0 Å². The third-order valence-electron chi connectivity index (χ3n) is 5.19. The van der Waals surface area contributed by atoms with Crippen LogP contribution in [0.1, 0.15) is 56.1 Å². The van der Waals surface area contributed by atoms with Crippen molar-refractivity contribution in [1.82, 2.24) is 10.6 Å². The van der Waals surface area contributed by atoms with Crippen LogP contribution in [0.3, 0.4) is 0 Å². The summed E-state index contributed by atoms with van der Waals surface area (Å²) >= 11 is 0. The van der Waals surface area contributed by atoms with Crippen LogP contribution in [0.25, 0.3) is 0 Å². The molecule has 1 aromatic heterocycles. The van der Waals surface area contributed by atoms with Gasteiger partial charge in [-0.1, -0.05) is 24.3 Å². The number of benzene rings is 1. The molecule has 3 rings (SSSR count). The molecule has 0 saturated heterocycles. The normalized spacial score (nSPS) is 18.1. The highest BCUT2D eigenvalue weighted by Crippen LogP contribution is 2.32. The van der Waals surface area contributed by atoms with Gasteiger partial charge in [0.05, 0.1) is 18.9 Å². The Morgan fingerprint density at radius 1 is 1.27 bits per heavy atom. The van der Waals surface area contributed by atoms with E-state index < -0.39 is 5.60 Å². The van der Waals surface area contributed by atoms with E-state index in [1.54, 1.807) is 25.3 Å². The third-order valence-corrected chi connectivity index (χ3v) is 5.19. The van der Waals surface area contributed by atoms with Crippen molar-refractivity contribution < 1.29 is 14.3 Å². The Morgan fingerprint density at radius 2 is 2.10 bits per heavy atom. The first-order valence-corrected chi connectivity index (χ1v) is 10.6. The molecule has 1 aliphatic carbocycles. The van der Waals surface area contributed by atoms with E-state index in [-0.39, 0.29) is 36.6 Å². The summed E-state index contributed by atoms with van der Waals surface area (Å²) in [6.45, 7) is 6.15. The Hall–Kier alpha value is -1.58. The van der Waals surface area contributed by atoms with E-state index >= 15 is 0 Å². The van der Waals surface area contributed by atoms with Crippen LogP contribution in [-0.2, 0) is 16.8 Å². The average Bonchev–Trinajstić information content (AvgIpc) is 3.28. The number of guanidine groups is 1. The van der Waals surface area contributed by atoms with Gasteiger partial charge < -0.3 is 24.9 Å². The summed E-state index contributed by atoms with van der Waals surface area (Å²) < 4.78 is 11.5. The fourth-order valence-corrected chi connectivity index (χ4v) is 3.62. The van der Waals surface area contributed by atoms with Gasteiger partial charge in [-0.25, -0.2) is 4.99 Å².